The van der Waals surface area contributed by atoms with Gasteiger partial charge in [0.25, 0.3) is 5.91 Å². The molecule has 0 unspecified atom stereocenters. The number of primary amides is 1. The molecule has 2 fully saturated rings. The first kappa shape index (κ1) is 14.6. The molecule has 3 rings (SSSR count). The van der Waals surface area contributed by atoms with Crippen molar-refractivity contribution in [2.45, 2.75) is 25.3 Å². The topological polar surface area (TPSA) is 91.6 Å². The number of carbonyl (C=O) groups excluding carboxylic acids is 2. The maximum Gasteiger partial charge on any atom is 0.317 e. The van der Waals surface area contributed by atoms with Crippen LogP contribution in [0.2, 0.25) is 0 Å². The monoisotopic (exact) mass is 303 g/mol. The molecule has 22 heavy (non-hydrogen) atoms. The standard InChI is InChI=1S/C15H21N5O2/c16-14(21)13-10-12(2-6-17-13)19-8-3-11(4-9-19)20-7-1-5-18-15(20)22/h2,6,10-11H,1,3-5,7-9H2,(H2,16,21)(H,18,22). The van der Waals surface area contributed by atoms with Gasteiger partial charge in [0, 0.05) is 44.1 Å². The number of nitrogens with two attached hydrogens (primary N) is 1. The molecule has 0 bridgehead atoms. The Kier molecular flexibility index (Phi) is 4.13. The minimum atomic E-state index is -0.512. The molecule has 1 aromatic rings. The Bertz CT molecular complexity index is 569. The summed E-state index contributed by atoms with van der Waals surface area (Å²) in [7, 11) is 0. The number of nitrogens with one attached hydrogen (secondary N) is 1. The molecule has 0 atom stereocenters. The number of hydrogen-bond acceptors (Lipinski definition) is 4. The molecule has 2 saturated heterocycles. The Morgan fingerprint density at radius 2 is 2.09 bits per heavy atom. The third-order valence-corrected chi connectivity index (χ3v) is 4.38. The zero-order valence-electron chi connectivity index (χ0n) is 12.5. The van der Waals surface area contributed by atoms with Crippen molar-refractivity contribution in [3.8, 4) is 0 Å². The highest BCUT2D eigenvalue weighted by molar-refractivity contribution is 5.91. The van der Waals surface area contributed by atoms with Gasteiger partial charge >= 0.3 is 6.03 Å². The Morgan fingerprint density at radius 3 is 2.77 bits per heavy atom. The number of anilines is 1. The maximum atomic E-state index is 11.9. The highest BCUT2D eigenvalue weighted by atomic mass is 16.2. The summed E-state index contributed by atoms with van der Waals surface area (Å²) in [5, 5.41) is 2.91. The SMILES string of the molecule is NC(=O)c1cc(N2CCC(N3CCCNC3=O)CC2)ccn1. The highest BCUT2D eigenvalue weighted by Gasteiger charge is 2.29. The van der Waals surface area contributed by atoms with Crippen LogP contribution in [0.5, 0.6) is 0 Å². The Labute approximate surface area is 129 Å². The van der Waals surface area contributed by atoms with Crippen LogP contribution < -0.4 is 16.0 Å². The Hall–Kier alpha value is -2.31. The van der Waals surface area contributed by atoms with Gasteiger partial charge in [0.15, 0.2) is 0 Å². The molecule has 0 saturated carbocycles. The van der Waals surface area contributed by atoms with Gasteiger partial charge in [-0.05, 0) is 31.4 Å². The summed E-state index contributed by atoms with van der Waals surface area (Å²) >= 11 is 0. The molecule has 3 amide bonds. The van der Waals surface area contributed by atoms with Gasteiger partial charge in [-0.25, -0.2) is 4.79 Å². The average Bonchev–Trinajstić information content (AvgIpc) is 2.56. The number of urea groups is 1. The van der Waals surface area contributed by atoms with Gasteiger partial charge in [-0.2, -0.15) is 0 Å². The summed E-state index contributed by atoms with van der Waals surface area (Å²) in [6, 6.07) is 3.98. The van der Waals surface area contributed by atoms with Crippen molar-refractivity contribution in [1.82, 2.24) is 15.2 Å². The van der Waals surface area contributed by atoms with Crippen LogP contribution in [-0.2, 0) is 0 Å². The van der Waals surface area contributed by atoms with Crippen LogP contribution in [0.15, 0.2) is 18.3 Å². The second kappa shape index (κ2) is 6.21. The number of nitrogens with zero attached hydrogens (tertiary/aromatic N) is 3. The summed E-state index contributed by atoms with van der Waals surface area (Å²) < 4.78 is 0. The summed E-state index contributed by atoms with van der Waals surface area (Å²) in [6.07, 6.45) is 4.49. The normalized spacial score (nSPS) is 19.9. The number of amides is 3. The molecule has 2 aliphatic heterocycles. The molecule has 118 valence electrons. The molecule has 2 aliphatic rings. The van der Waals surface area contributed by atoms with Gasteiger partial charge in [-0.15, -0.1) is 0 Å². The van der Waals surface area contributed by atoms with E-state index >= 15 is 0 Å². The zero-order chi connectivity index (χ0) is 15.5. The van der Waals surface area contributed by atoms with Gasteiger partial charge in [0.05, 0.1) is 0 Å². The number of rotatable bonds is 3. The van der Waals surface area contributed by atoms with E-state index in [4.69, 9.17) is 5.73 Å². The zero-order valence-corrected chi connectivity index (χ0v) is 12.5. The molecule has 0 spiro atoms. The molecule has 0 aromatic carbocycles. The van der Waals surface area contributed by atoms with Crippen molar-refractivity contribution in [3.05, 3.63) is 24.0 Å². The van der Waals surface area contributed by atoms with Gasteiger partial charge in [0.1, 0.15) is 5.69 Å². The highest BCUT2D eigenvalue weighted by Crippen LogP contribution is 2.23. The lowest BCUT2D eigenvalue weighted by Gasteiger charge is -2.40. The van der Waals surface area contributed by atoms with Crippen LogP contribution in [-0.4, -0.2) is 54.0 Å². The number of piperidine rings is 1. The van der Waals surface area contributed by atoms with Crippen molar-refractivity contribution in [2.75, 3.05) is 31.1 Å². The van der Waals surface area contributed by atoms with Crippen molar-refractivity contribution in [2.24, 2.45) is 5.73 Å². The number of carbonyl (C=O) groups is 2. The second-order valence-electron chi connectivity index (χ2n) is 5.76. The first-order valence-electron chi connectivity index (χ1n) is 7.70. The van der Waals surface area contributed by atoms with Crippen LogP contribution in [0.25, 0.3) is 0 Å². The molecule has 0 radical (unpaired) electrons. The fourth-order valence-electron chi connectivity index (χ4n) is 3.18. The van der Waals surface area contributed by atoms with Crippen molar-refractivity contribution < 1.29 is 9.59 Å². The van der Waals surface area contributed by atoms with Crippen LogP contribution in [0.4, 0.5) is 10.5 Å². The minimum absolute atomic E-state index is 0.0598. The van der Waals surface area contributed by atoms with Crippen LogP contribution in [0, 0.1) is 0 Å². The molecule has 0 aliphatic carbocycles. The smallest absolute Gasteiger partial charge is 0.317 e. The van der Waals surface area contributed by atoms with Gasteiger partial charge in [-0.1, -0.05) is 0 Å². The van der Waals surface area contributed by atoms with Crippen molar-refractivity contribution in [3.63, 3.8) is 0 Å². The first-order chi connectivity index (χ1) is 10.6. The van der Waals surface area contributed by atoms with Crippen LogP contribution >= 0.6 is 0 Å². The van der Waals surface area contributed by atoms with Crippen LogP contribution in [0.1, 0.15) is 29.8 Å². The van der Waals surface area contributed by atoms with E-state index in [2.05, 4.69) is 15.2 Å². The Morgan fingerprint density at radius 1 is 1.32 bits per heavy atom. The van der Waals surface area contributed by atoms with E-state index < -0.39 is 5.91 Å². The van der Waals surface area contributed by atoms with Crippen LogP contribution in [0.3, 0.4) is 0 Å². The summed E-state index contributed by atoms with van der Waals surface area (Å²) in [4.78, 5) is 31.3. The van der Waals surface area contributed by atoms with E-state index in [0.29, 0.717) is 6.04 Å². The molecular weight excluding hydrogens is 282 g/mol. The third kappa shape index (κ3) is 2.98. The quantitative estimate of drug-likeness (QED) is 0.853. The predicted octanol–water partition coefficient (Wildman–Crippen LogP) is 0.565. The van der Waals surface area contributed by atoms with E-state index in [1.54, 1.807) is 12.3 Å². The molecule has 7 nitrogen and oxygen atoms in total. The summed E-state index contributed by atoms with van der Waals surface area (Å²) in [5.41, 5.74) is 6.53. The van der Waals surface area contributed by atoms with E-state index in [1.807, 2.05) is 11.0 Å². The molecule has 3 N–H and O–H groups in total. The van der Waals surface area contributed by atoms with Gasteiger partial charge in [-0.3, -0.25) is 9.78 Å². The van der Waals surface area contributed by atoms with Gasteiger partial charge in [0.2, 0.25) is 0 Å². The number of aromatic nitrogens is 1. The largest absolute Gasteiger partial charge is 0.371 e. The average molecular weight is 303 g/mol. The minimum Gasteiger partial charge on any atom is -0.371 e. The van der Waals surface area contributed by atoms with E-state index in [9.17, 15) is 9.59 Å². The van der Waals surface area contributed by atoms with Gasteiger partial charge < -0.3 is 20.9 Å². The predicted molar refractivity (Wildman–Crippen MR) is 82.7 cm³/mol. The summed E-state index contributed by atoms with van der Waals surface area (Å²) in [5.74, 6) is -0.512. The maximum absolute atomic E-state index is 11.9. The lowest BCUT2D eigenvalue weighted by Crippen LogP contribution is -2.54. The Balaban J connectivity index is 1.63. The van der Waals surface area contributed by atoms with E-state index in [0.717, 1.165) is 51.1 Å². The molecule has 1 aromatic heterocycles. The lowest BCUT2D eigenvalue weighted by molar-refractivity contribution is 0.0995. The second-order valence-corrected chi connectivity index (χ2v) is 5.76. The third-order valence-electron chi connectivity index (χ3n) is 4.38. The number of hydrogen-bond donors (Lipinski definition) is 2. The molecule has 7 heteroatoms. The fourth-order valence-corrected chi connectivity index (χ4v) is 3.18. The lowest BCUT2D eigenvalue weighted by atomic mass is 10.0. The molecular formula is C15H21N5O2. The van der Waals surface area contributed by atoms with Crippen molar-refractivity contribution in [1.29, 1.82) is 0 Å². The van der Waals surface area contributed by atoms with Crippen molar-refractivity contribution >= 4 is 17.6 Å². The van der Waals surface area contributed by atoms with E-state index in [1.165, 1.54) is 0 Å². The number of pyridine rings is 1. The first-order valence-corrected chi connectivity index (χ1v) is 7.70. The fraction of sp³-hybridized carbons (Fsp3) is 0.533. The summed E-state index contributed by atoms with van der Waals surface area (Å²) in [6.45, 7) is 3.34. The molecule has 3 heterocycles. The van der Waals surface area contributed by atoms with E-state index in [-0.39, 0.29) is 11.7 Å².